The number of hydrogen-bond donors (Lipinski definition) is 0. The number of hydrogen-bond acceptors (Lipinski definition) is 0. The number of rotatable bonds is 4. The Kier molecular flexibility index (Phi) is 6.75. The summed E-state index contributed by atoms with van der Waals surface area (Å²) < 4.78 is 0. The average molecular weight is 447 g/mol. The van der Waals surface area contributed by atoms with Crippen LogP contribution in [0.4, 0.5) is 0 Å². The molecule has 0 aliphatic carbocycles. The van der Waals surface area contributed by atoms with E-state index in [4.69, 9.17) is 0 Å². The Morgan fingerprint density at radius 3 is 0.933 bits per heavy atom. The fraction of sp³-hybridized carbons (Fsp3) is 0.333. The lowest BCUT2D eigenvalue weighted by Gasteiger charge is -2.31. The molecule has 0 fully saturated rings. The van der Waals surface area contributed by atoms with E-state index in [1.165, 1.54) is 48.7 Å². The molecule has 0 heterocycles. The molecular weight excluding hydrogens is 409 g/mol. The molecule has 0 amide bonds. The van der Waals surface area contributed by atoms with Crippen molar-refractivity contribution in [3.05, 3.63) is 86.5 Å². The van der Waals surface area contributed by atoms with Crippen molar-refractivity contribution in [1.29, 1.82) is 0 Å². The highest BCUT2D eigenvalue weighted by Gasteiger charge is 2.32. The van der Waals surface area contributed by atoms with Crippen LogP contribution < -0.4 is 15.6 Å². The van der Waals surface area contributed by atoms with Gasteiger partial charge in [0, 0.05) is 0 Å². The summed E-state index contributed by atoms with van der Waals surface area (Å²) in [6, 6.07) is 14.6. The van der Waals surface area contributed by atoms with Crippen LogP contribution in [0.5, 0.6) is 0 Å². The summed E-state index contributed by atoms with van der Waals surface area (Å²) in [6.45, 7) is 20.9. The van der Waals surface area contributed by atoms with Crippen molar-refractivity contribution in [3.63, 3.8) is 0 Å². The number of aryl methyl sites for hydroxylation is 9. The van der Waals surface area contributed by atoms with E-state index < -0.39 is 16.1 Å². The molecule has 1 unspecified atom stereocenters. The largest absolute Gasteiger partial charge is 0.0959 e. The van der Waals surface area contributed by atoms with Crippen molar-refractivity contribution in [1.82, 2.24) is 0 Å². The molecule has 0 aliphatic heterocycles. The molecule has 3 aromatic rings. The molecular formula is C27H38Si3. The van der Waals surface area contributed by atoms with Gasteiger partial charge < -0.3 is 0 Å². The molecule has 0 N–H and O–H groups in total. The van der Waals surface area contributed by atoms with E-state index in [1.54, 1.807) is 26.7 Å². The summed E-state index contributed by atoms with van der Waals surface area (Å²) in [5, 5.41) is 5.24. The summed E-state index contributed by atoms with van der Waals surface area (Å²) in [6.07, 6.45) is 0. The summed E-state index contributed by atoms with van der Waals surface area (Å²) in [7, 11) is -1.12. The third-order valence-corrected chi connectivity index (χ3v) is 26.4. The Morgan fingerprint density at radius 2 is 0.667 bits per heavy atom. The lowest BCUT2D eigenvalue weighted by atomic mass is 10.1. The third kappa shape index (κ3) is 4.34. The van der Waals surface area contributed by atoms with Gasteiger partial charge >= 0.3 is 0 Å². The molecule has 158 valence electrons. The van der Waals surface area contributed by atoms with Crippen LogP contribution in [0.2, 0.25) is 0 Å². The monoisotopic (exact) mass is 446 g/mol. The van der Waals surface area contributed by atoms with E-state index in [9.17, 15) is 0 Å². The Balaban J connectivity index is 2.35. The van der Waals surface area contributed by atoms with Crippen LogP contribution in [-0.4, -0.2) is 25.9 Å². The lowest BCUT2D eigenvalue weighted by Crippen LogP contribution is -2.64. The predicted octanol–water partition coefficient (Wildman–Crippen LogP) is 2.88. The highest BCUT2D eigenvalue weighted by molar-refractivity contribution is 7.53. The molecule has 0 aromatic heterocycles. The molecule has 3 aromatic carbocycles. The molecule has 0 aliphatic rings. The molecule has 0 bridgehead atoms. The minimum atomic E-state index is -1.34. The van der Waals surface area contributed by atoms with Gasteiger partial charge in [-0.2, -0.15) is 0 Å². The van der Waals surface area contributed by atoms with Crippen LogP contribution in [-0.2, 0) is 0 Å². The van der Waals surface area contributed by atoms with Crippen LogP contribution in [0, 0.1) is 62.3 Å². The summed E-state index contributed by atoms with van der Waals surface area (Å²) >= 11 is 0. The smallest absolute Gasteiger partial charge is 0.0630 e. The quantitative estimate of drug-likeness (QED) is 0.541. The van der Waals surface area contributed by atoms with E-state index in [0.717, 1.165) is 0 Å². The highest BCUT2D eigenvalue weighted by atomic mass is 29.6. The van der Waals surface area contributed by atoms with Gasteiger partial charge in [0.1, 0.15) is 0 Å². The first-order valence-electron chi connectivity index (χ1n) is 11.2. The molecule has 30 heavy (non-hydrogen) atoms. The molecule has 0 radical (unpaired) electrons. The van der Waals surface area contributed by atoms with Gasteiger partial charge in [0.2, 0.25) is 0 Å². The molecule has 0 nitrogen and oxygen atoms in total. The van der Waals surface area contributed by atoms with Crippen molar-refractivity contribution in [3.8, 4) is 0 Å². The van der Waals surface area contributed by atoms with Crippen molar-refractivity contribution in [2.45, 2.75) is 62.3 Å². The predicted molar refractivity (Wildman–Crippen MR) is 145 cm³/mol. The molecule has 0 spiro atoms. The van der Waals surface area contributed by atoms with Crippen molar-refractivity contribution < 1.29 is 0 Å². The Labute approximate surface area is 190 Å². The van der Waals surface area contributed by atoms with Crippen LogP contribution in [0.3, 0.4) is 0 Å². The minimum absolute atomic E-state index is 1.09. The fourth-order valence-electron chi connectivity index (χ4n) is 6.08. The van der Waals surface area contributed by atoms with E-state index in [1.807, 2.05) is 0 Å². The van der Waals surface area contributed by atoms with E-state index in [-0.39, 0.29) is 0 Å². The Hall–Kier alpha value is -1.69. The topological polar surface area (TPSA) is 0 Å². The normalized spacial score (nSPS) is 12.6. The van der Waals surface area contributed by atoms with Gasteiger partial charge in [-0.1, -0.05) is 102 Å². The summed E-state index contributed by atoms with van der Waals surface area (Å²) in [4.78, 5) is 0. The second-order valence-electron chi connectivity index (χ2n) is 9.70. The Morgan fingerprint density at radius 1 is 0.433 bits per heavy atom. The second-order valence-corrected chi connectivity index (χ2v) is 26.7. The second kappa shape index (κ2) is 8.82. The zero-order valence-electron chi connectivity index (χ0n) is 20.6. The van der Waals surface area contributed by atoms with Crippen LogP contribution in [0.15, 0.2) is 36.4 Å². The molecule has 3 heteroatoms. The highest BCUT2D eigenvalue weighted by Crippen LogP contribution is 2.15. The summed E-state index contributed by atoms with van der Waals surface area (Å²) in [5.74, 6) is 0. The zero-order valence-corrected chi connectivity index (χ0v) is 24.9. The average Bonchev–Trinajstić information content (AvgIpc) is 2.57. The molecule has 0 saturated heterocycles. The van der Waals surface area contributed by atoms with Gasteiger partial charge in [-0.15, -0.1) is 0 Å². The maximum atomic E-state index is 2.43. The Bertz CT molecular complexity index is 985. The van der Waals surface area contributed by atoms with Gasteiger partial charge in [0.05, 0.1) is 16.1 Å². The first-order valence-corrected chi connectivity index (χ1v) is 20.3. The minimum Gasteiger partial charge on any atom is -0.0630 e. The van der Waals surface area contributed by atoms with Crippen molar-refractivity contribution >= 4 is 41.5 Å². The summed E-state index contributed by atoms with van der Waals surface area (Å²) in [5.41, 5.74) is 13.4. The fourth-order valence-corrected chi connectivity index (χ4v) is 29.1. The van der Waals surface area contributed by atoms with Crippen LogP contribution >= 0.6 is 0 Å². The maximum Gasteiger partial charge on any atom is 0.0959 e. The first kappa shape index (κ1) is 23.0. The first-order chi connectivity index (χ1) is 14.0. The van der Waals surface area contributed by atoms with Crippen LogP contribution in [0.25, 0.3) is 0 Å². The van der Waals surface area contributed by atoms with E-state index in [0.29, 0.717) is 0 Å². The van der Waals surface area contributed by atoms with Gasteiger partial charge in [-0.05, 0) is 72.1 Å². The molecule has 1 atom stereocenters. The maximum absolute atomic E-state index is 2.43. The standard InChI is InChI=1S/C27H38Si3/c1-16-10-19(4)25(20(5)11-16)29(26-21(6)12-17(2)13-22(26)7)30(28)27-23(8)14-18(3)15-24(27)9/h10-15,29-30H,1-9,28H3. The van der Waals surface area contributed by atoms with E-state index in [2.05, 4.69) is 98.7 Å². The van der Waals surface area contributed by atoms with Crippen molar-refractivity contribution in [2.24, 2.45) is 0 Å². The van der Waals surface area contributed by atoms with Crippen LogP contribution in [0.1, 0.15) is 50.1 Å². The molecule has 3 rings (SSSR count). The van der Waals surface area contributed by atoms with Gasteiger partial charge in [-0.25, -0.2) is 0 Å². The number of benzene rings is 3. The SMILES string of the molecule is Cc1cc(C)c([SiH]([SiH3])[SiH](c2c(C)cc(C)cc2C)c2c(C)cc(C)cc2C)c(C)c1. The zero-order chi connectivity index (χ0) is 22.3. The van der Waals surface area contributed by atoms with E-state index >= 15 is 0 Å². The lowest BCUT2D eigenvalue weighted by molar-refractivity contribution is 1.34. The van der Waals surface area contributed by atoms with Crippen molar-refractivity contribution in [2.75, 3.05) is 0 Å². The van der Waals surface area contributed by atoms with Gasteiger partial charge in [0.25, 0.3) is 0 Å². The van der Waals surface area contributed by atoms with Gasteiger partial charge in [-0.3, -0.25) is 0 Å². The molecule has 0 saturated carbocycles. The third-order valence-electron chi connectivity index (χ3n) is 6.79. The van der Waals surface area contributed by atoms with Gasteiger partial charge in [0.15, 0.2) is 0 Å².